The summed E-state index contributed by atoms with van der Waals surface area (Å²) in [5, 5.41) is 2.42. The van der Waals surface area contributed by atoms with Gasteiger partial charge in [0.25, 0.3) is 0 Å². The minimum absolute atomic E-state index is 0.0845. The van der Waals surface area contributed by atoms with Gasteiger partial charge in [-0.15, -0.1) is 0 Å². The third kappa shape index (κ3) is 10.6. The first-order valence-corrected chi connectivity index (χ1v) is 21.3. The first-order chi connectivity index (χ1) is 27.9. The Bertz CT molecular complexity index is 1890. The summed E-state index contributed by atoms with van der Waals surface area (Å²) in [6.45, 7) is 28.9. The van der Waals surface area contributed by atoms with Gasteiger partial charge in [-0.1, -0.05) is 26.0 Å². The van der Waals surface area contributed by atoms with Gasteiger partial charge in [-0.3, -0.25) is 34.5 Å². The summed E-state index contributed by atoms with van der Waals surface area (Å²) in [5.74, 6) is 1.93. The van der Waals surface area contributed by atoms with Gasteiger partial charge >= 0.3 is 0 Å². The van der Waals surface area contributed by atoms with E-state index in [4.69, 9.17) is 28.7 Å². The Morgan fingerprint density at radius 2 is 1.04 bits per heavy atom. The van der Waals surface area contributed by atoms with Crippen molar-refractivity contribution in [2.45, 2.75) is 72.8 Å². The van der Waals surface area contributed by atoms with Gasteiger partial charge in [-0.25, -0.2) is 0 Å². The summed E-state index contributed by atoms with van der Waals surface area (Å²) in [4.78, 5) is 21.6. The summed E-state index contributed by atoms with van der Waals surface area (Å²) < 4.78 is 28.8. The zero-order chi connectivity index (χ0) is 39.6. The molecule has 310 valence electrons. The number of hydrogen-bond donors (Lipinski definition) is 0. The van der Waals surface area contributed by atoms with Crippen LogP contribution in [0.5, 0.6) is 11.5 Å². The van der Waals surface area contributed by atoms with Crippen LogP contribution < -0.4 is 9.47 Å². The monoisotopic (exact) mass is 784 g/mol. The predicted molar refractivity (Wildman–Crippen MR) is 226 cm³/mol. The Balaban J connectivity index is 0.000000170. The van der Waals surface area contributed by atoms with E-state index in [1.165, 1.54) is 33.0 Å². The molecule has 0 radical (unpaired) electrons. The minimum Gasteiger partial charge on any atom is -0.475 e. The third-order valence-electron chi connectivity index (χ3n) is 11.5. The molecule has 0 aliphatic carbocycles. The van der Waals surface area contributed by atoms with E-state index >= 15 is 0 Å². The number of nitrogens with zero attached hydrogens (tertiary/aromatic N) is 7. The molecule has 0 atom stereocenters. The number of ether oxygens (including phenoxy) is 5. The maximum Gasteiger partial charge on any atom is 0.152 e. The van der Waals surface area contributed by atoms with Gasteiger partial charge in [0, 0.05) is 112 Å². The fourth-order valence-electron chi connectivity index (χ4n) is 8.27. The third-order valence-corrected chi connectivity index (χ3v) is 11.5. The smallest absolute Gasteiger partial charge is 0.152 e. The maximum atomic E-state index is 6.23. The first-order valence-electron chi connectivity index (χ1n) is 21.3. The average molecular weight is 784 g/mol. The lowest BCUT2D eigenvalue weighted by atomic mass is 9.99. The molecule has 12 nitrogen and oxygen atoms in total. The van der Waals surface area contributed by atoms with Crippen LogP contribution >= 0.6 is 0 Å². The van der Waals surface area contributed by atoms with Crippen molar-refractivity contribution in [1.29, 1.82) is 0 Å². The van der Waals surface area contributed by atoms with Crippen molar-refractivity contribution in [1.82, 2.24) is 34.5 Å². The summed E-state index contributed by atoms with van der Waals surface area (Å²) >= 11 is 0. The molecular formula is C45H65N7O5. The van der Waals surface area contributed by atoms with Crippen LogP contribution in [-0.2, 0) is 40.4 Å². The second-order valence-corrected chi connectivity index (χ2v) is 16.4. The van der Waals surface area contributed by atoms with Crippen molar-refractivity contribution < 1.29 is 23.7 Å². The molecule has 0 spiro atoms. The molecule has 2 aromatic heterocycles. The molecule has 3 saturated heterocycles. The van der Waals surface area contributed by atoms with E-state index in [-0.39, 0.29) is 5.54 Å². The zero-order valence-electron chi connectivity index (χ0n) is 35.1. The molecular weight excluding hydrogens is 719 g/mol. The highest BCUT2D eigenvalue weighted by molar-refractivity contribution is 5.90. The molecule has 2 aromatic carbocycles. The predicted octanol–water partition coefficient (Wildman–Crippen LogP) is 5.98. The van der Waals surface area contributed by atoms with Crippen LogP contribution in [0.4, 0.5) is 0 Å². The van der Waals surface area contributed by atoms with Crippen LogP contribution in [0.2, 0.25) is 0 Å². The maximum absolute atomic E-state index is 6.23. The van der Waals surface area contributed by atoms with Gasteiger partial charge < -0.3 is 23.7 Å². The Hall–Kier alpha value is -3.46. The molecule has 0 bridgehead atoms. The Morgan fingerprint density at radius 1 is 0.579 bits per heavy atom. The van der Waals surface area contributed by atoms with E-state index in [1.807, 2.05) is 38.4 Å². The lowest BCUT2D eigenvalue weighted by Crippen LogP contribution is -2.45. The second kappa shape index (κ2) is 20.0. The van der Waals surface area contributed by atoms with Crippen molar-refractivity contribution in [2.75, 3.05) is 105 Å². The van der Waals surface area contributed by atoms with Gasteiger partial charge in [0.15, 0.2) is 11.5 Å². The molecule has 57 heavy (non-hydrogen) atoms. The zero-order valence-corrected chi connectivity index (χ0v) is 35.1. The van der Waals surface area contributed by atoms with Crippen LogP contribution in [0, 0.1) is 0 Å². The Labute approximate surface area is 339 Å². The van der Waals surface area contributed by atoms with Gasteiger partial charge in [0.2, 0.25) is 0 Å². The van der Waals surface area contributed by atoms with Crippen LogP contribution in [-0.4, -0.2) is 145 Å². The molecule has 0 saturated carbocycles. The molecule has 7 heterocycles. The fraction of sp³-hybridized carbons (Fsp3) is 0.600. The molecule has 0 amide bonds. The van der Waals surface area contributed by atoms with E-state index < -0.39 is 0 Å². The SMILES string of the molecule is CC.CC(C)(C)N1COc2c(cc(CN3CCOCC3)c3cccnc23)C1.c1cnc2c3c(cc(CN4CCOCC4)c2c1)CN(CCCN1CCOCC1)CO3. The van der Waals surface area contributed by atoms with E-state index in [9.17, 15) is 0 Å². The molecule has 12 heteroatoms. The highest BCUT2D eigenvalue weighted by Crippen LogP contribution is 2.38. The number of hydrogen-bond acceptors (Lipinski definition) is 12. The number of fused-ring (bicyclic) bond motifs is 6. The van der Waals surface area contributed by atoms with Crippen LogP contribution in [0.25, 0.3) is 21.8 Å². The van der Waals surface area contributed by atoms with E-state index in [0.717, 1.165) is 147 Å². The van der Waals surface area contributed by atoms with E-state index in [0.29, 0.717) is 13.5 Å². The van der Waals surface area contributed by atoms with Gasteiger partial charge in [-0.2, -0.15) is 0 Å². The van der Waals surface area contributed by atoms with Crippen molar-refractivity contribution in [3.05, 3.63) is 71.0 Å². The Morgan fingerprint density at radius 3 is 1.54 bits per heavy atom. The molecule has 3 fully saturated rings. The van der Waals surface area contributed by atoms with Crippen molar-refractivity contribution in [3.8, 4) is 11.5 Å². The van der Waals surface area contributed by atoms with Crippen LogP contribution in [0.3, 0.4) is 0 Å². The lowest BCUT2D eigenvalue weighted by molar-refractivity contribution is 0.0224. The largest absolute Gasteiger partial charge is 0.475 e. The quantitative estimate of drug-likeness (QED) is 0.211. The molecule has 0 N–H and O–H groups in total. The summed E-state index contributed by atoms with van der Waals surface area (Å²) in [7, 11) is 0. The molecule has 4 aromatic rings. The van der Waals surface area contributed by atoms with Crippen molar-refractivity contribution in [2.24, 2.45) is 0 Å². The Kier molecular flexibility index (Phi) is 14.6. The normalized spacial score (nSPS) is 20.0. The highest BCUT2D eigenvalue weighted by Gasteiger charge is 2.29. The van der Waals surface area contributed by atoms with E-state index in [2.05, 4.69) is 74.5 Å². The molecule has 5 aliphatic heterocycles. The summed E-state index contributed by atoms with van der Waals surface area (Å²) in [5.41, 5.74) is 7.28. The highest BCUT2D eigenvalue weighted by atomic mass is 16.5. The lowest BCUT2D eigenvalue weighted by Gasteiger charge is -2.39. The first kappa shape index (κ1) is 41.7. The molecule has 0 unspecified atom stereocenters. The fourth-order valence-corrected chi connectivity index (χ4v) is 8.27. The van der Waals surface area contributed by atoms with Crippen LogP contribution in [0.15, 0.2) is 48.8 Å². The standard InChI is InChI=1S/C23H32N4O3.C20H27N3O2.C2H6/c1-3-21-19(16-26-9-13-29-14-10-26)15-20-17-27(18-30-23(20)22(21)24-4-1)6-2-5-25-7-11-28-12-8-25;1-20(2,3)23-13-16-11-15(12-22-7-9-24-10-8-22)17-5-4-6-21-18(17)19(16)25-14-23;1-2/h1,3-4,15H,2,5-14,16-18H2;4-6,11H,7-10,12-14H2,1-3H3;1-2H3. The van der Waals surface area contributed by atoms with Gasteiger partial charge in [0.05, 0.1) is 39.6 Å². The van der Waals surface area contributed by atoms with Gasteiger partial charge in [0.1, 0.15) is 24.5 Å². The van der Waals surface area contributed by atoms with Crippen LogP contribution in [0.1, 0.15) is 63.3 Å². The molecule has 9 rings (SSSR count). The van der Waals surface area contributed by atoms with Crippen molar-refractivity contribution >= 4 is 21.8 Å². The van der Waals surface area contributed by atoms with E-state index in [1.54, 1.807) is 0 Å². The molecule has 5 aliphatic rings. The van der Waals surface area contributed by atoms with Crippen molar-refractivity contribution in [3.63, 3.8) is 0 Å². The van der Waals surface area contributed by atoms with Gasteiger partial charge in [-0.05, 0) is 69.1 Å². The number of rotatable bonds is 8. The topological polar surface area (TPSA) is 88.1 Å². The second-order valence-electron chi connectivity index (χ2n) is 16.4. The summed E-state index contributed by atoms with van der Waals surface area (Å²) in [6, 6.07) is 13.1. The summed E-state index contributed by atoms with van der Waals surface area (Å²) in [6.07, 6.45) is 4.89. The number of benzene rings is 2. The number of aromatic nitrogens is 2. The number of morpholine rings is 3. The average Bonchev–Trinajstić information content (AvgIpc) is 3.25. The minimum atomic E-state index is 0.0845. The number of pyridine rings is 2.